The fourth-order valence-corrected chi connectivity index (χ4v) is 4.81. The quantitative estimate of drug-likeness (QED) is 0.778. The number of anilines is 1. The molecule has 0 bridgehead atoms. The van der Waals surface area contributed by atoms with Crippen LogP contribution in [0.25, 0.3) is 0 Å². The molecule has 0 atom stereocenters. The van der Waals surface area contributed by atoms with Crippen LogP contribution < -0.4 is 5.32 Å². The van der Waals surface area contributed by atoms with Crippen molar-refractivity contribution >= 4 is 21.8 Å². The van der Waals surface area contributed by atoms with Gasteiger partial charge in [0, 0.05) is 18.8 Å². The molecule has 0 aromatic heterocycles. The zero-order valence-corrected chi connectivity index (χ0v) is 16.8. The van der Waals surface area contributed by atoms with E-state index in [1.54, 1.807) is 19.2 Å². The monoisotopic (exact) mass is 402 g/mol. The fraction of sp³-hybridized carbons (Fsp3) is 0.381. The predicted molar refractivity (Wildman–Crippen MR) is 109 cm³/mol. The lowest BCUT2D eigenvalue weighted by Crippen LogP contribution is -2.38. The molecule has 7 heteroatoms. The van der Waals surface area contributed by atoms with Crippen molar-refractivity contribution in [2.75, 3.05) is 12.4 Å². The molecule has 28 heavy (non-hydrogen) atoms. The van der Waals surface area contributed by atoms with E-state index in [9.17, 15) is 13.2 Å². The van der Waals surface area contributed by atoms with Gasteiger partial charge in [-0.05, 0) is 42.7 Å². The highest BCUT2D eigenvalue weighted by atomic mass is 32.2. The highest BCUT2D eigenvalue weighted by Gasteiger charge is 2.28. The number of amides is 1. The molecular weight excluding hydrogens is 376 g/mol. The molecule has 1 amide bonds. The number of rotatable bonds is 6. The Morgan fingerprint density at radius 3 is 2.32 bits per heavy atom. The second-order valence-corrected chi connectivity index (χ2v) is 9.02. The lowest BCUT2D eigenvalue weighted by atomic mass is 9.96. The van der Waals surface area contributed by atoms with E-state index in [0.717, 1.165) is 31.2 Å². The van der Waals surface area contributed by atoms with Gasteiger partial charge in [0.1, 0.15) is 6.61 Å². The maximum absolute atomic E-state index is 12.8. The molecule has 1 aliphatic rings. The third kappa shape index (κ3) is 5.11. The Morgan fingerprint density at radius 1 is 1.04 bits per heavy atom. The van der Waals surface area contributed by atoms with Crippen molar-refractivity contribution in [2.24, 2.45) is 0 Å². The molecule has 6 nitrogen and oxygen atoms in total. The zero-order valence-electron chi connectivity index (χ0n) is 16.0. The molecular formula is C21H26N2O4S. The van der Waals surface area contributed by atoms with E-state index in [0.29, 0.717) is 5.69 Å². The molecule has 1 fully saturated rings. The first-order valence-corrected chi connectivity index (χ1v) is 11.0. The van der Waals surface area contributed by atoms with Gasteiger partial charge in [-0.25, -0.2) is 13.2 Å². The van der Waals surface area contributed by atoms with Gasteiger partial charge in [0.05, 0.1) is 4.90 Å². The highest BCUT2D eigenvalue weighted by Crippen LogP contribution is 2.27. The Kier molecular flexibility index (Phi) is 6.70. The summed E-state index contributed by atoms with van der Waals surface area (Å²) in [5.74, 6) is 0. The number of benzene rings is 2. The van der Waals surface area contributed by atoms with Gasteiger partial charge in [0.15, 0.2) is 0 Å². The Hall–Kier alpha value is -2.38. The third-order valence-electron chi connectivity index (χ3n) is 5.08. The average molecular weight is 403 g/mol. The predicted octanol–water partition coefficient (Wildman–Crippen LogP) is 4.39. The Balaban J connectivity index is 1.58. The second-order valence-electron chi connectivity index (χ2n) is 7.02. The molecule has 0 saturated heterocycles. The van der Waals surface area contributed by atoms with Crippen molar-refractivity contribution in [1.82, 2.24) is 4.31 Å². The summed E-state index contributed by atoms with van der Waals surface area (Å²) >= 11 is 0. The fourth-order valence-electron chi connectivity index (χ4n) is 3.39. The molecule has 1 aliphatic carbocycles. The van der Waals surface area contributed by atoms with Crippen LogP contribution >= 0.6 is 0 Å². The molecule has 0 spiro atoms. The minimum Gasteiger partial charge on any atom is -0.444 e. The van der Waals surface area contributed by atoms with Gasteiger partial charge in [-0.15, -0.1) is 0 Å². The largest absolute Gasteiger partial charge is 0.444 e. The minimum atomic E-state index is -3.54. The van der Waals surface area contributed by atoms with Crippen LogP contribution in [0.4, 0.5) is 10.5 Å². The van der Waals surface area contributed by atoms with Crippen LogP contribution in [-0.4, -0.2) is 31.9 Å². The van der Waals surface area contributed by atoms with E-state index in [-0.39, 0.29) is 17.5 Å². The number of ether oxygens (including phenoxy) is 1. The van der Waals surface area contributed by atoms with Gasteiger partial charge in [0.2, 0.25) is 10.0 Å². The van der Waals surface area contributed by atoms with E-state index < -0.39 is 16.1 Å². The molecule has 1 saturated carbocycles. The maximum Gasteiger partial charge on any atom is 0.411 e. The summed E-state index contributed by atoms with van der Waals surface area (Å²) in [6, 6.07) is 15.6. The van der Waals surface area contributed by atoms with Crippen LogP contribution in [0, 0.1) is 0 Å². The summed E-state index contributed by atoms with van der Waals surface area (Å²) in [5, 5.41) is 2.61. The molecule has 0 unspecified atom stereocenters. The minimum absolute atomic E-state index is 0.0597. The van der Waals surface area contributed by atoms with Crippen molar-refractivity contribution in [3.63, 3.8) is 0 Å². The molecule has 2 aromatic rings. The molecule has 3 rings (SSSR count). The van der Waals surface area contributed by atoms with Crippen LogP contribution in [0.2, 0.25) is 0 Å². The Labute approximate surface area is 166 Å². The number of carbonyl (C=O) groups is 1. The Bertz CT molecular complexity index is 876. The molecule has 1 N–H and O–H groups in total. The van der Waals surface area contributed by atoms with E-state index >= 15 is 0 Å². The summed E-state index contributed by atoms with van der Waals surface area (Å²) in [6.45, 7) is 0.172. The van der Waals surface area contributed by atoms with E-state index in [1.807, 2.05) is 30.3 Å². The Morgan fingerprint density at radius 2 is 1.68 bits per heavy atom. The van der Waals surface area contributed by atoms with Gasteiger partial charge in [-0.2, -0.15) is 4.31 Å². The van der Waals surface area contributed by atoms with Crippen LogP contribution in [0.15, 0.2) is 59.5 Å². The van der Waals surface area contributed by atoms with Gasteiger partial charge >= 0.3 is 6.09 Å². The smallest absolute Gasteiger partial charge is 0.411 e. The van der Waals surface area contributed by atoms with Gasteiger partial charge in [-0.3, -0.25) is 5.32 Å². The standard InChI is InChI=1S/C21H26N2O4S/c1-23(19-10-6-3-7-11-19)28(25,26)20-14-12-18(13-15-20)22-21(24)27-16-17-8-4-2-5-9-17/h2,4-5,8-9,12-15,19H,3,6-7,10-11,16H2,1H3,(H,22,24). The average Bonchev–Trinajstić information content (AvgIpc) is 2.73. The van der Waals surface area contributed by atoms with Crippen molar-refractivity contribution in [3.8, 4) is 0 Å². The van der Waals surface area contributed by atoms with Crippen molar-refractivity contribution in [1.29, 1.82) is 0 Å². The zero-order chi connectivity index (χ0) is 20.0. The summed E-state index contributed by atoms with van der Waals surface area (Å²) < 4.78 is 32.3. The molecule has 0 heterocycles. The first kappa shape index (κ1) is 20.4. The number of nitrogens with zero attached hydrogens (tertiary/aromatic N) is 1. The summed E-state index contributed by atoms with van der Waals surface area (Å²) in [6.07, 6.45) is 4.53. The first-order chi connectivity index (χ1) is 13.5. The summed E-state index contributed by atoms with van der Waals surface area (Å²) in [4.78, 5) is 12.1. The SMILES string of the molecule is CN(C1CCCCC1)S(=O)(=O)c1ccc(NC(=O)OCc2ccccc2)cc1. The number of nitrogens with one attached hydrogen (secondary N) is 1. The van der Waals surface area contributed by atoms with Crippen LogP contribution in [0.1, 0.15) is 37.7 Å². The lowest BCUT2D eigenvalue weighted by molar-refractivity contribution is 0.155. The molecule has 2 aromatic carbocycles. The van der Waals surface area contributed by atoms with Crippen molar-refractivity contribution in [2.45, 2.75) is 49.6 Å². The van der Waals surface area contributed by atoms with Gasteiger partial charge in [-0.1, -0.05) is 49.6 Å². The lowest BCUT2D eigenvalue weighted by Gasteiger charge is -2.30. The van der Waals surface area contributed by atoms with E-state index in [2.05, 4.69) is 5.32 Å². The van der Waals surface area contributed by atoms with Crippen LogP contribution in [-0.2, 0) is 21.4 Å². The van der Waals surface area contributed by atoms with Gasteiger partial charge in [0.25, 0.3) is 0 Å². The molecule has 0 radical (unpaired) electrons. The number of sulfonamides is 1. The maximum atomic E-state index is 12.8. The topological polar surface area (TPSA) is 75.7 Å². The first-order valence-electron chi connectivity index (χ1n) is 9.52. The third-order valence-corrected chi connectivity index (χ3v) is 7.00. The molecule has 0 aliphatic heterocycles. The number of hydrogen-bond donors (Lipinski definition) is 1. The summed E-state index contributed by atoms with van der Waals surface area (Å²) in [7, 11) is -1.89. The van der Waals surface area contributed by atoms with Crippen LogP contribution in [0.5, 0.6) is 0 Å². The van der Waals surface area contributed by atoms with E-state index in [4.69, 9.17) is 4.74 Å². The van der Waals surface area contributed by atoms with Crippen LogP contribution in [0.3, 0.4) is 0 Å². The van der Waals surface area contributed by atoms with Crippen molar-refractivity contribution in [3.05, 3.63) is 60.2 Å². The normalized spacial score (nSPS) is 15.4. The van der Waals surface area contributed by atoms with Crippen molar-refractivity contribution < 1.29 is 17.9 Å². The number of carbonyl (C=O) groups excluding carboxylic acids is 1. The second kappa shape index (κ2) is 9.21. The summed E-state index contributed by atoms with van der Waals surface area (Å²) in [5.41, 5.74) is 1.38. The molecule has 150 valence electrons. The van der Waals surface area contributed by atoms with E-state index in [1.165, 1.54) is 22.9 Å². The number of hydrogen-bond acceptors (Lipinski definition) is 4. The van der Waals surface area contributed by atoms with Gasteiger partial charge < -0.3 is 4.74 Å². The highest BCUT2D eigenvalue weighted by molar-refractivity contribution is 7.89.